The Morgan fingerprint density at radius 3 is 2.37 bits per heavy atom. The van der Waals surface area contributed by atoms with Crippen LogP contribution in [0, 0.1) is 10.1 Å². The number of halogens is 1. The maximum Gasteiger partial charge on any atom is 0.292 e. The molecular formula is C20H22BrN5O4. The maximum absolute atomic E-state index is 12.2. The molecule has 0 saturated carbocycles. The van der Waals surface area contributed by atoms with E-state index in [-0.39, 0.29) is 35.5 Å². The van der Waals surface area contributed by atoms with Gasteiger partial charge in [-0.1, -0.05) is 24.3 Å². The molecule has 1 heterocycles. The van der Waals surface area contributed by atoms with Gasteiger partial charge in [-0.15, -0.1) is 0 Å². The van der Waals surface area contributed by atoms with E-state index in [1.807, 2.05) is 28.0 Å². The van der Waals surface area contributed by atoms with E-state index in [9.17, 15) is 19.7 Å². The van der Waals surface area contributed by atoms with Gasteiger partial charge in [-0.05, 0) is 34.1 Å². The van der Waals surface area contributed by atoms with Crippen LogP contribution in [0.15, 0.2) is 53.0 Å². The van der Waals surface area contributed by atoms with Crippen LogP contribution in [0.5, 0.6) is 0 Å². The first-order valence-electron chi connectivity index (χ1n) is 9.46. The highest BCUT2D eigenvalue weighted by atomic mass is 79.9. The number of hydrogen-bond acceptors (Lipinski definition) is 6. The molecule has 10 heteroatoms. The lowest BCUT2D eigenvalue weighted by molar-refractivity contribution is -0.384. The molecule has 0 radical (unpaired) electrons. The first-order chi connectivity index (χ1) is 14.4. The number of piperazine rings is 1. The minimum atomic E-state index is -0.381. The van der Waals surface area contributed by atoms with Crippen molar-refractivity contribution in [3.8, 4) is 0 Å². The van der Waals surface area contributed by atoms with Crippen LogP contribution < -0.4 is 15.5 Å². The highest BCUT2D eigenvalue weighted by Crippen LogP contribution is 2.28. The number of nitro benzene ring substituents is 1. The lowest BCUT2D eigenvalue weighted by Crippen LogP contribution is -2.50. The summed E-state index contributed by atoms with van der Waals surface area (Å²) in [6.07, 6.45) is 0. The van der Waals surface area contributed by atoms with Gasteiger partial charge in [-0.2, -0.15) is 0 Å². The molecule has 0 atom stereocenters. The summed E-state index contributed by atoms with van der Waals surface area (Å²) >= 11 is 3.35. The third-order valence-corrected chi connectivity index (χ3v) is 5.44. The van der Waals surface area contributed by atoms with Gasteiger partial charge in [0.2, 0.25) is 11.8 Å². The van der Waals surface area contributed by atoms with Crippen molar-refractivity contribution in [1.29, 1.82) is 0 Å². The largest absolute Gasteiger partial charge is 0.363 e. The maximum atomic E-state index is 12.2. The Kier molecular flexibility index (Phi) is 7.36. The molecule has 2 aromatic carbocycles. The predicted octanol–water partition coefficient (Wildman–Crippen LogP) is 2.23. The number of benzene rings is 2. The molecule has 30 heavy (non-hydrogen) atoms. The summed E-state index contributed by atoms with van der Waals surface area (Å²) in [6.45, 7) is 2.43. The summed E-state index contributed by atoms with van der Waals surface area (Å²) < 4.78 is 0.765. The highest BCUT2D eigenvalue weighted by molar-refractivity contribution is 9.10. The van der Waals surface area contributed by atoms with Crippen molar-refractivity contribution in [3.05, 3.63) is 63.1 Å². The Balaban J connectivity index is 1.43. The standard InChI is InChI=1S/C20H22BrN5O4/c21-15-5-1-2-6-16(15)23-19(27)13-22-20(28)14-24-9-11-25(12-10-24)17-7-3-4-8-18(17)26(29)30/h1-8H,9-14H2,(H,22,28)(H,23,27). The fraction of sp³-hybridized carbons (Fsp3) is 0.300. The van der Waals surface area contributed by atoms with Gasteiger partial charge in [-0.25, -0.2) is 0 Å². The molecule has 0 spiro atoms. The number of anilines is 2. The second-order valence-corrected chi connectivity index (χ2v) is 7.67. The van der Waals surface area contributed by atoms with Crippen molar-refractivity contribution in [2.75, 3.05) is 49.5 Å². The number of carbonyl (C=O) groups excluding carboxylic acids is 2. The summed E-state index contributed by atoms with van der Waals surface area (Å²) in [7, 11) is 0. The number of rotatable bonds is 7. The second-order valence-electron chi connectivity index (χ2n) is 6.81. The molecule has 9 nitrogen and oxygen atoms in total. The zero-order valence-corrected chi connectivity index (χ0v) is 17.8. The zero-order chi connectivity index (χ0) is 21.5. The molecule has 1 saturated heterocycles. The van der Waals surface area contributed by atoms with Gasteiger partial charge in [-0.3, -0.25) is 24.6 Å². The van der Waals surface area contributed by atoms with E-state index in [1.54, 1.807) is 24.3 Å². The van der Waals surface area contributed by atoms with E-state index < -0.39 is 0 Å². The number of amides is 2. The van der Waals surface area contributed by atoms with Crippen LogP contribution in [0.1, 0.15) is 0 Å². The summed E-state index contributed by atoms with van der Waals surface area (Å²) in [4.78, 5) is 39.0. The molecule has 0 bridgehead atoms. The zero-order valence-electron chi connectivity index (χ0n) is 16.2. The monoisotopic (exact) mass is 475 g/mol. The van der Waals surface area contributed by atoms with Crippen LogP contribution in [0.3, 0.4) is 0 Å². The molecular weight excluding hydrogens is 454 g/mol. The minimum absolute atomic E-state index is 0.0831. The van der Waals surface area contributed by atoms with Crippen molar-refractivity contribution in [1.82, 2.24) is 10.2 Å². The molecule has 158 valence electrons. The summed E-state index contributed by atoms with van der Waals surface area (Å²) in [6, 6.07) is 13.9. The Hall–Kier alpha value is -2.98. The van der Waals surface area contributed by atoms with Gasteiger partial charge in [0.05, 0.1) is 23.7 Å². The van der Waals surface area contributed by atoms with Gasteiger partial charge in [0.15, 0.2) is 0 Å². The molecule has 0 aliphatic carbocycles. The Morgan fingerprint density at radius 1 is 1.00 bits per heavy atom. The van der Waals surface area contributed by atoms with Gasteiger partial charge < -0.3 is 15.5 Å². The van der Waals surface area contributed by atoms with E-state index >= 15 is 0 Å². The number of para-hydroxylation sites is 3. The lowest BCUT2D eigenvalue weighted by atomic mass is 10.2. The minimum Gasteiger partial charge on any atom is -0.363 e. The van der Waals surface area contributed by atoms with Crippen LogP contribution in [0.25, 0.3) is 0 Å². The van der Waals surface area contributed by atoms with Gasteiger partial charge >= 0.3 is 0 Å². The van der Waals surface area contributed by atoms with E-state index in [4.69, 9.17) is 0 Å². The summed E-state index contributed by atoms with van der Waals surface area (Å²) in [5, 5.41) is 16.6. The fourth-order valence-corrected chi connectivity index (χ4v) is 3.61. The van der Waals surface area contributed by atoms with Crippen molar-refractivity contribution < 1.29 is 14.5 Å². The molecule has 0 unspecified atom stereocenters. The van der Waals surface area contributed by atoms with Crippen LogP contribution >= 0.6 is 15.9 Å². The summed E-state index contributed by atoms with van der Waals surface area (Å²) in [5.74, 6) is -0.548. The van der Waals surface area contributed by atoms with Crippen LogP contribution in [0.2, 0.25) is 0 Å². The Labute approximate surface area is 182 Å². The Morgan fingerprint density at radius 2 is 1.67 bits per heavy atom. The van der Waals surface area contributed by atoms with Gasteiger partial charge in [0.25, 0.3) is 5.69 Å². The van der Waals surface area contributed by atoms with E-state index in [1.165, 1.54) is 6.07 Å². The Bertz CT molecular complexity index is 931. The number of nitro groups is 1. The number of hydrogen-bond donors (Lipinski definition) is 2. The number of carbonyl (C=O) groups is 2. The quantitative estimate of drug-likeness (QED) is 0.469. The van der Waals surface area contributed by atoms with Gasteiger partial charge in [0, 0.05) is 36.7 Å². The average Bonchev–Trinajstić information content (AvgIpc) is 2.74. The van der Waals surface area contributed by atoms with Crippen LogP contribution in [0.4, 0.5) is 17.1 Å². The van der Waals surface area contributed by atoms with Crippen molar-refractivity contribution in [3.63, 3.8) is 0 Å². The van der Waals surface area contributed by atoms with Crippen LogP contribution in [-0.4, -0.2) is 60.9 Å². The normalized spacial score (nSPS) is 14.2. The topological polar surface area (TPSA) is 108 Å². The second kappa shape index (κ2) is 10.2. The first kappa shape index (κ1) is 21.7. The molecule has 0 aromatic heterocycles. The highest BCUT2D eigenvalue weighted by Gasteiger charge is 2.24. The van der Waals surface area contributed by atoms with Crippen molar-refractivity contribution in [2.24, 2.45) is 0 Å². The van der Waals surface area contributed by atoms with E-state index in [2.05, 4.69) is 26.6 Å². The first-order valence-corrected chi connectivity index (χ1v) is 10.2. The number of nitrogens with zero attached hydrogens (tertiary/aromatic N) is 3. The fourth-order valence-electron chi connectivity index (χ4n) is 3.23. The SMILES string of the molecule is O=C(CN1CCN(c2ccccc2[N+](=O)[O-])CC1)NCC(=O)Nc1ccccc1Br. The molecule has 1 aliphatic rings. The molecule has 2 N–H and O–H groups in total. The van der Waals surface area contributed by atoms with E-state index in [0.29, 0.717) is 37.6 Å². The molecule has 2 amide bonds. The van der Waals surface area contributed by atoms with Crippen LogP contribution in [-0.2, 0) is 9.59 Å². The third-order valence-electron chi connectivity index (χ3n) is 4.75. The molecule has 1 aliphatic heterocycles. The molecule has 1 fully saturated rings. The van der Waals surface area contributed by atoms with Crippen molar-refractivity contribution in [2.45, 2.75) is 0 Å². The average molecular weight is 476 g/mol. The molecule has 3 rings (SSSR count). The predicted molar refractivity (Wildman–Crippen MR) is 118 cm³/mol. The van der Waals surface area contributed by atoms with Crippen molar-refractivity contribution >= 4 is 44.8 Å². The summed E-state index contributed by atoms with van der Waals surface area (Å²) in [5.41, 5.74) is 1.32. The number of nitrogens with one attached hydrogen (secondary N) is 2. The molecule has 2 aromatic rings. The smallest absolute Gasteiger partial charge is 0.292 e. The third kappa shape index (κ3) is 5.77. The van der Waals surface area contributed by atoms with Gasteiger partial charge in [0.1, 0.15) is 5.69 Å². The lowest BCUT2D eigenvalue weighted by Gasteiger charge is -2.35. The van der Waals surface area contributed by atoms with E-state index in [0.717, 1.165) is 4.47 Å².